The lowest BCUT2D eigenvalue weighted by Gasteiger charge is -2.09. The van der Waals surface area contributed by atoms with Crippen LogP contribution in [-0.2, 0) is 0 Å². The Bertz CT molecular complexity index is 968. The molecular formula is C18H17NS. The minimum Gasteiger partial charge on any atom is -0.381 e. The molecule has 2 heteroatoms. The van der Waals surface area contributed by atoms with Gasteiger partial charge in [-0.2, -0.15) is 0 Å². The van der Waals surface area contributed by atoms with Gasteiger partial charge in [0.25, 0.3) is 0 Å². The lowest BCUT2D eigenvalue weighted by atomic mass is 10.1. The number of rotatable bonds is 4. The van der Waals surface area contributed by atoms with Crippen molar-refractivity contribution in [2.75, 3.05) is 6.54 Å². The second-order valence-corrected chi connectivity index (χ2v) is 5.69. The van der Waals surface area contributed by atoms with Gasteiger partial charge in [-0.1, -0.05) is 49.0 Å². The molecule has 1 aromatic heterocycles. The average Bonchev–Trinajstić information content (AvgIpc) is 2.95. The van der Waals surface area contributed by atoms with Gasteiger partial charge in [-0.05, 0) is 24.5 Å². The van der Waals surface area contributed by atoms with E-state index in [0.29, 0.717) is 5.70 Å². The molecule has 0 saturated heterocycles. The molecule has 3 aromatic rings. The highest BCUT2D eigenvalue weighted by Crippen LogP contribution is 2.34. The normalized spacial score (nSPS) is 17.3. The third kappa shape index (κ3) is 2.35. The second kappa shape index (κ2) is 5.14. The van der Waals surface area contributed by atoms with Crippen LogP contribution < -0.4 is 5.32 Å². The molecule has 0 atom stereocenters. The summed E-state index contributed by atoms with van der Waals surface area (Å²) >= 11 is 1.69. The van der Waals surface area contributed by atoms with Crippen LogP contribution >= 0.6 is 11.3 Å². The fraction of sp³-hybridized carbons (Fsp3) is 0.111. The highest BCUT2D eigenvalue weighted by atomic mass is 32.1. The number of hydrogen-bond acceptors (Lipinski definition) is 2. The molecule has 0 aliphatic rings. The van der Waals surface area contributed by atoms with Gasteiger partial charge in [0.05, 0.1) is 2.74 Å². The van der Waals surface area contributed by atoms with Crippen LogP contribution in [0.5, 0.6) is 0 Å². The van der Waals surface area contributed by atoms with Crippen LogP contribution in [0.15, 0.2) is 61.1 Å². The predicted octanol–water partition coefficient (Wildman–Crippen LogP) is 5.19. The molecule has 1 nitrogen and oxygen atoms in total. The van der Waals surface area contributed by atoms with Crippen molar-refractivity contribution in [2.45, 2.75) is 6.85 Å². The molecule has 0 radical (unpaired) electrons. The maximum Gasteiger partial charge on any atom is 0.0560 e. The molecule has 0 amide bonds. The van der Waals surface area contributed by atoms with Gasteiger partial charge in [-0.3, -0.25) is 0 Å². The lowest BCUT2D eigenvalue weighted by Crippen LogP contribution is -2.13. The van der Waals surface area contributed by atoms with E-state index in [2.05, 4.69) is 17.4 Å². The van der Waals surface area contributed by atoms with Gasteiger partial charge in [-0.15, -0.1) is 11.3 Å². The summed E-state index contributed by atoms with van der Waals surface area (Å²) in [6.45, 7) is -0.265. The maximum absolute atomic E-state index is 7.64. The van der Waals surface area contributed by atoms with Crippen molar-refractivity contribution in [1.29, 1.82) is 0 Å². The smallest absolute Gasteiger partial charge is 0.0560 e. The average molecular weight is 284 g/mol. The zero-order valence-electron chi connectivity index (χ0n) is 15.8. The van der Waals surface area contributed by atoms with E-state index in [1.54, 1.807) is 11.3 Å². The first-order chi connectivity index (χ1) is 11.9. The molecule has 0 aliphatic carbocycles. The number of hydrogen-bond donors (Lipinski definition) is 1. The van der Waals surface area contributed by atoms with Crippen LogP contribution in [0.4, 0.5) is 0 Å². The van der Waals surface area contributed by atoms with Crippen molar-refractivity contribution in [1.82, 2.24) is 5.32 Å². The summed E-state index contributed by atoms with van der Waals surface area (Å²) < 4.78 is 39.4. The summed E-state index contributed by atoms with van der Waals surface area (Å²) in [6, 6.07) is 14.2. The zero-order chi connectivity index (χ0) is 18.0. The molecule has 0 saturated carbocycles. The van der Waals surface area contributed by atoms with E-state index >= 15 is 0 Å². The monoisotopic (exact) mass is 284 g/mol. The molecule has 0 spiro atoms. The number of fused-ring (bicyclic) bond motifs is 3. The second-order valence-electron chi connectivity index (χ2n) is 4.60. The van der Waals surface area contributed by atoms with Crippen LogP contribution in [0.25, 0.3) is 25.9 Å². The van der Waals surface area contributed by atoms with Gasteiger partial charge < -0.3 is 5.32 Å². The fourth-order valence-corrected chi connectivity index (χ4v) is 3.33. The Balaban J connectivity index is 1.90. The molecule has 0 unspecified atom stereocenters. The summed E-state index contributed by atoms with van der Waals surface area (Å²) in [5.74, 6) is 0. The van der Waals surface area contributed by atoms with Gasteiger partial charge in [0, 0.05) is 36.5 Å². The highest BCUT2D eigenvalue weighted by Gasteiger charge is 2.06. The topological polar surface area (TPSA) is 12.0 Å². The van der Waals surface area contributed by atoms with E-state index in [9.17, 15) is 0 Å². The Morgan fingerprint density at radius 2 is 2.10 bits per heavy atom. The van der Waals surface area contributed by atoms with Crippen LogP contribution in [0, 0.1) is 0 Å². The summed E-state index contributed by atoms with van der Waals surface area (Å²) in [7, 11) is 0. The quantitative estimate of drug-likeness (QED) is 0.650. The van der Waals surface area contributed by atoms with Crippen molar-refractivity contribution in [3.63, 3.8) is 0 Å². The van der Waals surface area contributed by atoms with Crippen molar-refractivity contribution < 1.29 is 6.85 Å². The van der Waals surface area contributed by atoms with E-state index in [0.717, 1.165) is 16.8 Å². The fourth-order valence-electron chi connectivity index (χ4n) is 2.19. The molecule has 1 N–H and O–H groups in total. The van der Waals surface area contributed by atoms with Gasteiger partial charge in [-0.25, -0.2) is 0 Å². The molecule has 0 bridgehead atoms. The van der Waals surface area contributed by atoms with Crippen molar-refractivity contribution in [2.24, 2.45) is 0 Å². The Labute approximate surface area is 130 Å². The van der Waals surface area contributed by atoms with Crippen molar-refractivity contribution >= 4 is 37.2 Å². The molecule has 0 fully saturated rings. The SMILES string of the molecule is [2H]C=C(NCC(=C[2H])C([2H])([2H])[2H])c1ccc2c(c1)sc1ccccc12. The van der Waals surface area contributed by atoms with Gasteiger partial charge in [0.1, 0.15) is 0 Å². The van der Waals surface area contributed by atoms with Crippen LogP contribution in [-0.4, -0.2) is 6.54 Å². The van der Waals surface area contributed by atoms with Gasteiger partial charge in [0.15, 0.2) is 0 Å². The van der Waals surface area contributed by atoms with Gasteiger partial charge >= 0.3 is 0 Å². The molecule has 0 aliphatic heterocycles. The van der Waals surface area contributed by atoms with E-state index in [4.69, 9.17) is 6.85 Å². The first-order valence-electron chi connectivity index (χ1n) is 8.91. The van der Waals surface area contributed by atoms with Gasteiger partial charge in [0.2, 0.25) is 0 Å². The third-order valence-electron chi connectivity index (χ3n) is 3.16. The Hall–Kier alpha value is -2.06. The standard InChI is InChI=1S/C18H17NS/c1-12(2)11-19-13(3)14-8-9-16-15-6-4-5-7-17(15)20-18(16)10-14/h4-10,19H,1,3,11H2,2H3/i1D,2D3,3D. The first kappa shape index (κ1) is 8.28. The van der Waals surface area contributed by atoms with Crippen LogP contribution in [0.3, 0.4) is 0 Å². The molecule has 20 heavy (non-hydrogen) atoms. The minimum atomic E-state index is -2.31. The van der Waals surface area contributed by atoms with Crippen molar-refractivity contribution in [3.05, 3.63) is 66.7 Å². The largest absolute Gasteiger partial charge is 0.381 e. The predicted molar refractivity (Wildman–Crippen MR) is 91.2 cm³/mol. The number of nitrogens with one attached hydrogen (secondary N) is 1. The number of benzene rings is 2. The van der Waals surface area contributed by atoms with E-state index < -0.39 is 6.85 Å². The summed E-state index contributed by atoms with van der Waals surface area (Å²) in [5, 5.41) is 5.35. The zero-order valence-corrected chi connectivity index (χ0v) is 11.6. The minimum absolute atomic E-state index is 0.00906. The summed E-state index contributed by atoms with van der Waals surface area (Å²) in [4.78, 5) is 0. The first-order valence-corrected chi connectivity index (χ1v) is 7.07. The molecule has 100 valence electrons. The molecule has 2 aromatic carbocycles. The molecule has 1 heterocycles. The summed E-state index contributed by atoms with van der Waals surface area (Å²) in [5.41, 5.74) is 1.36. The maximum atomic E-state index is 7.64. The van der Waals surface area contributed by atoms with Crippen LogP contribution in [0.2, 0.25) is 0 Å². The summed E-state index contributed by atoms with van der Waals surface area (Å²) in [6.07, 6.45) is 0. The third-order valence-corrected chi connectivity index (χ3v) is 4.29. The van der Waals surface area contributed by atoms with E-state index in [1.165, 1.54) is 22.0 Å². The van der Waals surface area contributed by atoms with E-state index in [1.807, 2.05) is 30.3 Å². The number of thiophene rings is 1. The van der Waals surface area contributed by atoms with Crippen molar-refractivity contribution in [3.8, 4) is 0 Å². The highest BCUT2D eigenvalue weighted by molar-refractivity contribution is 7.25. The Morgan fingerprint density at radius 1 is 1.20 bits per heavy atom. The van der Waals surface area contributed by atoms with Crippen LogP contribution in [0.1, 0.15) is 19.3 Å². The molecular weight excluding hydrogens is 262 g/mol. The Morgan fingerprint density at radius 3 is 2.95 bits per heavy atom. The van der Waals surface area contributed by atoms with E-state index in [-0.39, 0.29) is 12.1 Å². The lowest BCUT2D eigenvalue weighted by molar-refractivity contribution is 0.963. The molecule has 3 rings (SSSR count). The Kier molecular flexibility index (Phi) is 2.13.